The number of anilines is 1. The van der Waals surface area contributed by atoms with E-state index < -0.39 is 11.9 Å². The van der Waals surface area contributed by atoms with Crippen molar-refractivity contribution in [2.24, 2.45) is 0 Å². The van der Waals surface area contributed by atoms with Crippen LogP contribution >= 0.6 is 12.2 Å². The molecule has 7 nitrogen and oxygen atoms in total. The molecule has 0 saturated heterocycles. The molecule has 0 saturated carbocycles. The van der Waals surface area contributed by atoms with Crippen LogP contribution in [0.4, 0.5) is 5.69 Å². The Morgan fingerprint density at radius 2 is 1.88 bits per heavy atom. The van der Waals surface area contributed by atoms with Gasteiger partial charge in [0.25, 0.3) is 5.91 Å². The summed E-state index contributed by atoms with van der Waals surface area (Å²) in [5.74, 6) is -0.531. The minimum Gasteiger partial charge on any atom is -0.495 e. The molecule has 2 aromatic carbocycles. The largest absolute Gasteiger partial charge is 0.495 e. The van der Waals surface area contributed by atoms with Crippen LogP contribution in [0.3, 0.4) is 0 Å². The molecule has 0 unspecified atom stereocenters. The molecule has 2 aromatic rings. The lowest BCUT2D eigenvalue weighted by molar-refractivity contribution is -0.121. The summed E-state index contributed by atoms with van der Waals surface area (Å²) in [5.41, 5.74) is 1.30. The Hall–Kier alpha value is -3.13. The van der Waals surface area contributed by atoms with Gasteiger partial charge in [-0.05, 0) is 49.0 Å². The number of carboxylic acids is 1. The first-order chi connectivity index (χ1) is 12.4. The number of ether oxygens (including phenoxy) is 2. The average Bonchev–Trinajstić information content (AvgIpc) is 2.60. The number of hydrogen-bond donors (Lipinski definition) is 3. The Morgan fingerprint density at radius 3 is 2.54 bits per heavy atom. The lowest BCUT2D eigenvalue weighted by atomic mass is 10.2. The predicted molar refractivity (Wildman–Crippen MR) is 101 cm³/mol. The van der Waals surface area contributed by atoms with Crippen molar-refractivity contribution < 1.29 is 24.2 Å². The predicted octanol–water partition coefficient (Wildman–Crippen LogP) is 2.59. The topological polar surface area (TPSA) is 96.9 Å². The van der Waals surface area contributed by atoms with Gasteiger partial charge in [-0.25, -0.2) is 4.79 Å². The van der Waals surface area contributed by atoms with Gasteiger partial charge in [0.15, 0.2) is 11.7 Å². The van der Waals surface area contributed by atoms with E-state index in [-0.39, 0.29) is 17.3 Å². The third kappa shape index (κ3) is 5.18. The first kappa shape index (κ1) is 19.2. The van der Waals surface area contributed by atoms with E-state index in [0.29, 0.717) is 17.2 Å². The third-order valence-electron chi connectivity index (χ3n) is 3.40. The Kier molecular flexibility index (Phi) is 6.51. The maximum absolute atomic E-state index is 12.0. The minimum atomic E-state index is -1.09. The van der Waals surface area contributed by atoms with Crippen LogP contribution in [-0.2, 0) is 4.79 Å². The molecule has 0 aliphatic heterocycles. The zero-order valence-corrected chi connectivity index (χ0v) is 15.1. The molecule has 0 aliphatic carbocycles. The fraction of sp³-hybridized carbons (Fsp3) is 0.167. The van der Waals surface area contributed by atoms with Crippen molar-refractivity contribution in [3.63, 3.8) is 0 Å². The van der Waals surface area contributed by atoms with Crippen LogP contribution in [0.5, 0.6) is 11.5 Å². The molecule has 3 N–H and O–H groups in total. The van der Waals surface area contributed by atoms with E-state index in [0.717, 1.165) is 5.56 Å². The Bertz CT molecular complexity index is 838. The summed E-state index contributed by atoms with van der Waals surface area (Å²) in [7, 11) is 1.44. The molecule has 0 heterocycles. The van der Waals surface area contributed by atoms with Gasteiger partial charge in [-0.3, -0.25) is 10.1 Å². The molecule has 0 bridgehead atoms. The van der Waals surface area contributed by atoms with E-state index in [9.17, 15) is 9.59 Å². The van der Waals surface area contributed by atoms with Crippen molar-refractivity contribution >= 4 is 34.9 Å². The molecule has 0 spiro atoms. The van der Waals surface area contributed by atoms with Crippen molar-refractivity contribution in [3.8, 4) is 11.5 Å². The summed E-state index contributed by atoms with van der Waals surface area (Å²) in [5, 5.41) is 14.3. The summed E-state index contributed by atoms with van der Waals surface area (Å²) in [6, 6.07) is 11.6. The number of carbonyl (C=O) groups is 2. The molecule has 0 aromatic heterocycles. The van der Waals surface area contributed by atoms with Gasteiger partial charge in [0.2, 0.25) is 0 Å². The van der Waals surface area contributed by atoms with Crippen LogP contribution in [-0.4, -0.2) is 35.8 Å². The minimum absolute atomic E-state index is 0.00391. The van der Waals surface area contributed by atoms with Crippen molar-refractivity contribution in [3.05, 3.63) is 53.6 Å². The maximum Gasteiger partial charge on any atom is 0.335 e. The molecule has 0 radical (unpaired) electrons. The monoisotopic (exact) mass is 374 g/mol. The Balaban J connectivity index is 1.95. The first-order valence-electron chi connectivity index (χ1n) is 7.61. The van der Waals surface area contributed by atoms with Gasteiger partial charge in [-0.1, -0.05) is 18.2 Å². The number of aromatic carboxylic acids is 1. The van der Waals surface area contributed by atoms with E-state index in [1.54, 1.807) is 6.07 Å². The van der Waals surface area contributed by atoms with Gasteiger partial charge in [0.1, 0.15) is 11.5 Å². The number of methoxy groups -OCH3 is 1. The van der Waals surface area contributed by atoms with Crippen LogP contribution in [0.2, 0.25) is 0 Å². The van der Waals surface area contributed by atoms with E-state index in [1.807, 2.05) is 25.1 Å². The van der Waals surface area contributed by atoms with Crippen molar-refractivity contribution in [1.29, 1.82) is 0 Å². The molecule has 136 valence electrons. The quantitative estimate of drug-likeness (QED) is 0.669. The molecular weight excluding hydrogens is 356 g/mol. The summed E-state index contributed by atoms with van der Waals surface area (Å²) < 4.78 is 10.6. The Labute approximate surface area is 155 Å². The molecule has 26 heavy (non-hydrogen) atoms. The van der Waals surface area contributed by atoms with Gasteiger partial charge < -0.3 is 19.9 Å². The van der Waals surface area contributed by atoms with E-state index >= 15 is 0 Å². The summed E-state index contributed by atoms with van der Waals surface area (Å²) >= 11 is 5.08. The van der Waals surface area contributed by atoms with Crippen LogP contribution < -0.4 is 20.1 Å². The first-order valence-corrected chi connectivity index (χ1v) is 8.02. The highest BCUT2D eigenvalue weighted by Crippen LogP contribution is 2.25. The van der Waals surface area contributed by atoms with Crippen LogP contribution in [0.1, 0.15) is 15.9 Å². The van der Waals surface area contributed by atoms with Gasteiger partial charge in [-0.2, -0.15) is 0 Å². The zero-order chi connectivity index (χ0) is 19.1. The summed E-state index contributed by atoms with van der Waals surface area (Å²) in [6.45, 7) is 1.67. The molecule has 0 fully saturated rings. The number of thiocarbonyl (C=S) groups is 1. The smallest absolute Gasteiger partial charge is 0.335 e. The van der Waals surface area contributed by atoms with Gasteiger partial charge in [0, 0.05) is 0 Å². The van der Waals surface area contributed by atoms with Gasteiger partial charge in [-0.15, -0.1) is 0 Å². The number of carbonyl (C=O) groups excluding carboxylic acids is 1. The summed E-state index contributed by atoms with van der Waals surface area (Å²) in [4.78, 5) is 23.0. The van der Waals surface area contributed by atoms with Crippen LogP contribution in [0.15, 0.2) is 42.5 Å². The van der Waals surface area contributed by atoms with Crippen LogP contribution in [0, 0.1) is 6.92 Å². The second-order valence-electron chi connectivity index (χ2n) is 5.28. The number of amides is 1. The van der Waals surface area contributed by atoms with Crippen LogP contribution in [0.25, 0.3) is 0 Å². The molecule has 1 amide bonds. The molecule has 2 rings (SSSR count). The molecular formula is C18H18N2O5S. The number of para-hydroxylation sites is 1. The van der Waals surface area contributed by atoms with E-state index in [1.165, 1.54) is 25.3 Å². The average molecular weight is 374 g/mol. The highest BCUT2D eigenvalue weighted by atomic mass is 32.1. The fourth-order valence-electron chi connectivity index (χ4n) is 2.12. The highest BCUT2D eigenvalue weighted by molar-refractivity contribution is 7.80. The van der Waals surface area contributed by atoms with E-state index in [2.05, 4.69) is 10.6 Å². The maximum atomic E-state index is 12.0. The number of nitrogens with one attached hydrogen (secondary N) is 2. The summed E-state index contributed by atoms with van der Waals surface area (Å²) in [6.07, 6.45) is 0. The Morgan fingerprint density at radius 1 is 1.15 bits per heavy atom. The molecule has 8 heteroatoms. The zero-order valence-electron chi connectivity index (χ0n) is 14.2. The number of carboxylic acid groups (broad SMARTS) is 1. The van der Waals surface area contributed by atoms with Crippen molar-refractivity contribution in [2.75, 3.05) is 19.0 Å². The van der Waals surface area contributed by atoms with Crippen molar-refractivity contribution in [1.82, 2.24) is 5.32 Å². The normalized spacial score (nSPS) is 9.92. The SMILES string of the molecule is COc1ccc(C(=O)O)cc1NC(=S)NC(=O)COc1ccccc1C. The second kappa shape index (κ2) is 8.82. The highest BCUT2D eigenvalue weighted by Gasteiger charge is 2.12. The number of rotatable bonds is 6. The van der Waals surface area contributed by atoms with E-state index in [4.69, 9.17) is 26.8 Å². The third-order valence-corrected chi connectivity index (χ3v) is 3.60. The second-order valence-corrected chi connectivity index (χ2v) is 5.68. The van der Waals surface area contributed by atoms with Gasteiger partial charge in [0.05, 0.1) is 18.4 Å². The number of benzene rings is 2. The van der Waals surface area contributed by atoms with Gasteiger partial charge >= 0.3 is 5.97 Å². The fourth-order valence-corrected chi connectivity index (χ4v) is 2.34. The lowest BCUT2D eigenvalue weighted by Crippen LogP contribution is -2.37. The van der Waals surface area contributed by atoms with Crippen molar-refractivity contribution in [2.45, 2.75) is 6.92 Å². The number of hydrogen-bond acceptors (Lipinski definition) is 5. The molecule has 0 aliphatic rings. The molecule has 0 atom stereocenters. The standard InChI is InChI=1S/C18H18N2O5S/c1-11-5-3-4-6-14(11)25-10-16(21)20-18(26)19-13-9-12(17(22)23)7-8-15(13)24-2/h3-9H,10H2,1-2H3,(H,22,23)(H2,19,20,21,26). The number of aryl methyl sites for hydroxylation is 1. The lowest BCUT2D eigenvalue weighted by Gasteiger charge is -2.14.